The van der Waals surface area contributed by atoms with Crippen LogP contribution in [0.4, 0.5) is 13.2 Å². The normalized spacial score (nSPS) is 21.4. The monoisotopic (exact) mass is 497 g/mol. The molecule has 10 heteroatoms. The van der Waals surface area contributed by atoms with Crippen molar-refractivity contribution in [1.29, 1.82) is 4.78 Å². The van der Waals surface area contributed by atoms with E-state index >= 15 is 0 Å². The van der Waals surface area contributed by atoms with Gasteiger partial charge < -0.3 is 10.5 Å². The molecule has 0 radical (unpaired) electrons. The molecule has 6 nitrogen and oxygen atoms in total. The zero-order valence-corrected chi connectivity index (χ0v) is 20.2. The van der Waals surface area contributed by atoms with Gasteiger partial charge in [-0.25, -0.2) is 8.99 Å². The molecule has 1 aliphatic rings. The van der Waals surface area contributed by atoms with Crippen molar-refractivity contribution in [1.82, 2.24) is 4.90 Å². The SMILES string of the molecule is C[C@@H](CC(C)(C(N)=O)N1CC[C@@H](Oc2cccc(C(F)(F)F)c2)C1)c1ccc(S(C)(=N)=O)cc1. The van der Waals surface area contributed by atoms with Crippen LogP contribution >= 0.6 is 0 Å². The molecule has 34 heavy (non-hydrogen) atoms. The number of carbonyl (C=O) groups is 1. The van der Waals surface area contributed by atoms with Crippen molar-refractivity contribution >= 4 is 15.6 Å². The Morgan fingerprint density at radius 3 is 2.47 bits per heavy atom. The van der Waals surface area contributed by atoms with Crippen LogP contribution in [-0.2, 0) is 20.7 Å². The predicted molar refractivity (Wildman–Crippen MR) is 124 cm³/mol. The molecule has 2 aromatic rings. The van der Waals surface area contributed by atoms with Crippen molar-refractivity contribution in [2.24, 2.45) is 5.73 Å². The van der Waals surface area contributed by atoms with Crippen LogP contribution in [-0.4, -0.2) is 46.0 Å². The first-order valence-corrected chi connectivity index (χ1v) is 12.9. The first kappa shape index (κ1) is 26.0. The molecule has 2 aromatic carbocycles. The number of hydrogen-bond donors (Lipinski definition) is 2. The summed E-state index contributed by atoms with van der Waals surface area (Å²) in [6.07, 6.45) is -2.49. The van der Waals surface area contributed by atoms with Gasteiger partial charge >= 0.3 is 6.18 Å². The molecule has 0 aliphatic carbocycles. The maximum absolute atomic E-state index is 13.0. The van der Waals surface area contributed by atoms with Crippen molar-refractivity contribution in [3.63, 3.8) is 0 Å². The van der Waals surface area contributed by atoms with Crippen LogP contribution in [0, 0.1) is 4.78 Å². The molecule has 0 bridgehead atoms. The van der Waals surface area contributed by atoms with Gasteiger partial charge in [0.15, 0.2) is 0 Å². The van der Waals surface area contributed by atoms with E-state index in [1.807, 2.05) is 24.0 Å². The lowest BCUT2D eigenvalue weighted by Crippen LogP contribution is -2.55. The number of ether oxygens (including phenoxy) is 1. The molecule has 4 atom stereocenters. The number of primary amides is 1. The van der Waals surface area contributed by atoms with Gasteiger partial charge in [-0.1, -0.05) is 25.1 Å². The summed E-state index contributed by atoms with van der Waals surface area (Å²) in [7, 11) is -2.81. The highest BCUT2D eigenvalue weighted by molar-refractivity contribution is 7.91. The van der Waals surface area contributed by atoms with Gasteiger partial charge in [0.1, 0.15) is 11.9 Å². The van der Waals surface area contributed by atoms with Crippen LogP contribution in [0.25, 0.3) is 0 Å². The minimum Gasteiger partial charge on any atom is -0.489 e. The summed E-state index contributed by atoms with van der Waals surface area (Å²) in [6.45, 7) is 4.62. The van der Waals surface area contributed by atoms with E-state index in [1.165, 1.54) is 18.4 Å². The Kier molecular flexibility index (Phi) is 7.33. The van der Waals surface area contributed by atoms with Crippen LogP contribution in [0.1, 0.15) is 43.7 Å². The molecule has 1 aliphatic heterocycles. The number of nitrogens with zero attached hydrogens (tertiary/aromatic N) is 1. The summed E-state index contributed by atoms with van der Waals surface area (Å²) >= 11 is 0. The van der Waals surface area contributed by atoms with Gasteiger partial charge in [-0.3, -0.25) is 9.69 Å². The summed E-state index contributed by atoms with van der Waals surface area (Å²) in [5.41, 5.74) is 4.98. The Bertz CT molecular complexity index is 1140. The summed E-state index contributed by atoms with van der Waals surface area (Å²) in [5.74, 6) is -0.412. The number of benzene rings is 2. The van der Waals surface area contributed by atoms with E-state index in [9.17, 15) is 22.2 Å². The Balaban J connectivity index is 1.71. The molecule has 3 rings (SSSR count). The Hall–Kier alpha value is -2.59. The third kappa shape index (κ3) is 5.90. The molecule has 1 heterocycles. The van der Waals surface area contributed by atoms with Crippen molar-refractivity contribution in [3.8, 4) is 5.75 Å². The lowest BCUT2D eigenvalue weighted by Gasteiger charge is -2.38. The predicted octanol–water partition coefficient (Wildman–Crippen LogP) is 4.63. The fourth-order valence-electron chi connectivity index (χ4n) is 4.37. The Labute approximate surface area is 198 Å². The maximum atomic E-state index is 13.0. The van der Waals surface area contributed by atoms with E-state index in [-0.39, 0.29) is 17.8 Å². The van der Waals surface area contributed by atoms with Crippen LogP contribution in [0.5, 0.6) is 5.75 Å². The summed E-state index contributed by atoms with van der Waals surface area (Å²) in [6, 6.07) is 11.7. The minimum absolute atomic E-state index is 0.0615. The fraction of sp³-hybridized carbons (Fsp3) is 0.458. The van der Waals surface area contributed by atoms with Gasteiger partial charge in [-0.05, 0) is 61.6 Å². The van der Waals surface area contributed by atoms with Gasteiger partial charge in [0.2, 0.25) is 5.91 Å². The van der Waals surface area contributed by atoms with Crippen LogP contribution in [0.15, 0.2) is 53.4 Å². The third-order valence-electron chi connectivity index (χ3n) is 6.44. The number of rotatable bonds is 8. The molecule has 1 saturated heterocycles. The molecule has 1 amide bonds. The number of alkyl halides is 3. The smallest absolute Gasteiger partial charge is 0.416 e. The fourth-order valence-corrected chi connectivity index (χ4v) is 5.02. The van der Waals surface area contributed by atoms with Crippen molar-refractivity contribution < 1.29 is 26.9 Å². The molecule has 2 unspecified atom stereocenters. The summed E-state index contributed by atoms with van der Waals surface area (Å²) < 4.78 is 64.4. The molecule has 3 N–H and O–H groups in total. The number of likely N-dealkylation sites (tertiary alicyclic amines) is 1. The van der Waals surface area contributed by atoms with E-state index < -0.39 is 32.9 Å². The zero-order valence-electron chi connectivity index (χ0n) is 19.4. The first-order chi connectivity index (χ1) is 15.7. The zero-order chi connectivity index (χ0) is 25.3. The topological polar surface area (TPSA) is 96.5 Å². The van der Waals surface area contributed by atoms with Gasteiger partial charge in [-0.2, -0.15) is 13.2 Å². The van der Waals surface area contributed by atoms with Gasteiger partial charge in [-0.15, -0.1) is 0 Å². The molecular weight excluding hydrogens is 467 g/mol. The average molecular weight is 498 g/mol. The van der Waals surface area contributed by atoms with Crippen molar-refractivity contribution in [2.75, 3.05) is 19.3 Å². The number of hydrogen-bond acceptors (Lipinski definition) is 5. The summed E-state index contributed by atoms with van der Waals surface area (Å²) in [4.78, 5) is 14.9. The van der Waals surface area contributed by atoms with Crippen LogP contribution in [0.2, 0.25) is 0 Å². The number of halogens is 3. The van der Waals surface area contributed by atoms with E-state index in [0.717, 1.165) is 17.7 Å². The molecule has 186 valence electrons. The van der Waals surface area contributed by atoms with E-state index in [0.29, 0.717) is 30.8 Å². The van der Waals surface area contributed by atoms with Crippen LogP contribution in [0.3, 0.4) is 0 Å². The number of amides is 1. The highest BCUT2D eigenvalue weighted by Crippen LogP contribution is 2.35. The largest absolute Gasteiger partial charge is 0.489 e. The second-order valence-electron chi connectivity index (χ2n) is 9.16. The molecule has 1 fully saturated rings. The lowest BCUT2D eigenvalue weighted by atomic mass is 9.84. The van der Waals surface area contributed by atoms with Crippen molar-refractivity contribution in [3.05, 3.63) is 59.7 Å². The Morgan fingerprint density at radius 1 is 1.26 bits per heavy atom. The number of carbonyl (C=O) groups excluding carboxylic acids is 1. The van der Waals surface area contributed by atoms with E-state index in [2.05, 4.69) is 0 Å². The molecule has 0 saturated carbocycles. The molecular formula is C24H30F3N3O3S. The Morgan fingerprint density at radius 2 is 1.91 bits per heavy atom. The molecule has 0 spiro atoms. The highest BCUT2D eigenvalue weighted by atomic mass is 32.2. The van der Waals surface area contributed by atoms with Crippen LogP contribution < -0.4 is 10.5 Å². The van der Waals surface area contributed by atoms with Crippen molar-refractivity contribution in [2.45, 2.75) is 55.3 Å². The summed E-state index contributed by atoms with van der Waals surface area (Å²) in [5, 5.41) is 0. The minimum atomic E-state index is -4.45. The molecule has 0 aromatic heterocycles. The first-order valence-electron chi connectivity index (χ1n) is 10.9. The average Bonchev–Trinajstić information content (AvgIpc) is 3.21. The van der Waals surface area contributed by atoms with E-state index in [4.69, 9.17) is 15.3 Å². The second kappa shape index (κ2) is 9.58. The highest BCUT2D eigenvalue weighted by Gasteiger charge is 2.43. The van der Waals surface area contributed by atoms with E-state index in [1.54, 1.807) is 19.1 Å². The number of nitrogens with two attached hydrogens (primary N) is 1. The second-order valence-corrected chi connectivity index (χ2v) is 11.3. The maximum Gasteiger partial charge on any atom is 0.416 e. The third-order valence-corrected chi connectivity index (χ3v) is 7.61. The standard InChI is InChI=1S/C24H30F3N3O3S/c1-16(17-7-9-21(10-8-17)34(3,29)32)14-23(2,22(28)31)30-12-11-20(15-30)33-19-6-4-5-18(13-19)24(25,26)27/h4-10,13,16,20,29H,11-12,14-15H2,1-3H3,(H2,28,31)/t16-,20+,23?,34?/m0/s1. The van der Waals surface area contributed by atoms with Gasteiger partial charge in [0.05, 0.1) is 20.8 Å². The van der Waals surface area contributed by atoms with Gasteiger partial charge in [0.25, 0.3) is 0 Å². The van der Waals surface area contributed by atoms with Gasteiger partial charge in [0, 0.05) is 24.2 Å². The lowest BCUT2D eigenvalue weighted by molar-refractivity contribution is -0.137. The number of nitrogens with one attached hydrogen (secondary N) is 1. The quantitative estimate of drug-likeness (QED) is 0.556.